The Morgan fingerprint density at radius 1 is 1.19 bits per heavy atom. The van der Waals surface area contributed by atoms with Crippen LogP contribution in [0.5, 0.6) is 5.75 Å². The van der Waals surface area contributed by atoms with Gasteiger partial charge in [0.1, 0.15) is 12.2 Å². The second-order valence-electron chi connectivity index (χ2n) is 7.29. The fourth-order valence-electron chi connectivity index (χ4n) is 3.62. The first-order chi connectivity index (χ1) is 15.3. The van der Waals surface area contributed by atoms with Gasteiger partial charge in [-0.05, 0) is 24.1 Å². The Morgan fingerprint density at radius 3 is 2.62 bits per heavy atom. The maximum atomic E-state index is 12.8. The number of carbonyl (C=O) groups is 1. The number of nitrogens with one attached hydrogen (secondary N) is 2. The van der Waals surface area contributed by atoms with Gasteiger partial charge >= 0.3 is 0 Å². The van der Waals surface area contributed by atoms with Crippen molar-refractivity contribution in [1.82, 2.24) is 20.3 Å². The smallest absolute Gasteiger partial charge is 0.253 e. The van der Waals surface area contributed by atoms with Gasteiger partial charge < -0.3 is 21.1 Å². The van der Waals surface area contributed by atoms with E-state index in [1.54, 1.807) is 30.6 Å². The van der Waals surface area contributed by atoms with Crippen molar-refractivity contribution in [3.63, 3.8) is 0 Å². The molecule has 1 aromatic carbocycles. The number of aromatic nitrogens is 3. The molecule has 0 saturated carbocycles. The molecule has 0 spiro atoms. The first-order valence-corrected chi connectivity index (χ1v) is 10.4. The van der Waals surface area contributed by atoms with Crippen LogP contribution in [0.15, 0.2) is 43.1 Å². The van der Waals surface area contributed by atoms with E-state index in [0.717, 1.165) is 11.1 Å². The van der Waals surface area contributed by atoms with Crippen LogP contribution in [0.1, 0.15) is 22.3 Å². The molecule has 0 unspecified atom stereocenters. The number of nitrogens with two attached hydrogens (primary N) is 1. The Hall–Kier alpha value is -3.43. The third kappa shape index (κ3) is 4.30. The molecule has 9 nitrogen and oxygen atoms in total. The summed E-state index contributed by atoms with van der Waals surface area (Å²) in [6.07, 6.45) is 6.77. The van der Waals surface area contributed by atoms with Gasteiger partial charge in [0.05, 0.1) is 21.2 Å². The van der Waals surface area contributed by atoms with Gasteiger partial charge in [0, 0.05) is 43.3 Å². The minimum atomic E-state index is -0.347. The van der Waals surface area contributed by atoms with Crippen LogP contribution in [-0.2, 0) is 0 Å². The Morgan fingerprint density at radius 2 is 1.94 bits per heavy atom. The summed E-state index contributed by atoms with van der Waals surface area (Å²) in [6.45, 7) is 0.966. The standard InChI is InChI=1S/C21H19Cl2N7O2/c22-15-5-11(12-6-26-10-27-7-12)1-2-14(15)21(32)29-13-3-4-30(9-13)20-18(31)17(19(24)25)16(23)8-28-20/h1-2,5-8,10,13,31H,3-4,9H2,(H3,24,25)(H,29,32)/t13-/m1/s1. The Kier molecular flexibility index (Phi) is 6.11. The lowest BCUT2D eigenvalue weighted by molar-refractivity contribution is 0.0940. The summed E-state index contributed by atoms with van der Waals surface area (Å²) in [5, 5.41) is 21.5. The summed E-state index contributed by atoms with van der Waals surface area (Å²) < 4.78 is 0. The molecule has 1 aliphatic heterocycles. The van der Waals surface area contributed by atoms with Crippen LogP contribution >= 0.6 is 23.2 Å². The van der Waals surface area contributed by atoms with E-state index in [4.69, 9.17) is 34.3 Å². The predicted octanol–water partition coefficient (Wildman–Crippen LogP) is 2.84. The Labute approximate surface area is 193 Å². The van der Waals surface area contributed by atoms with Crippen molar-refractivity contribution in [1.29, 1.82) is 5.41 Å². The van der Waals surface area contributed by atoms with Gasteiger partial charge in [-0.2, -0.15) is 0 Å². The number of nitrogens with zero attached hydrogens (tertiary/aromatic N) is 4. The lowest BCUT2D eigenvalue weighted by atomic mass is 10.1. The molecule has 0 bridgehead atoms. The SMILES string of the molecule is N=C(N)c1c(Cl)cnc(N2CC[C@@H](NC(=O)c3ccc(-c4cncnc4)cc3Cl)C2)c1O. The first-order valence-electron chi connectivity index (χ1n) is 9.67. The molecular formula is C21H19Cl2N7O2. The highest BCUT2D eigenvalue weighted by molar-refractivity contribution is 6.34. The number of hydrogen-bond acceptors (Lipinski definition) is 7. The molecule has 0 aliphatic carbocycles. The molecule has 0 radical (unpaired) electrons. The third-order valence-corrected chi connectivity index (χ3v) is 5.79. The van der Waals surface area contributed by atoms with E-state index in [-0.39, 0.29) is 39.9 Å². The molecule has 164 valence electrons. The summed E-state index contributed by atoms with van der Waals surface area (Å²) in [4.78, 5) is 26.8. The fourth-order valence-corrected chi connectivity index (χ4v) is 4.12. The fraction of sp³-hybridized carbons (Fsp3) is 0.190. The van der Waals surface area contributed by atoms with Crippen molar-refractivity contribution in [2.75, 3.05) is 18.0 Å². The third-order valence-electron chi connectivity index (χ3n) is 5.19. The average molecular weight is 472 g/mol. The second-order valence-corrected chi connectivity index (χ2v) is 8.11. The van der Waals surface area contributed by atoms with Gasteiger partial charge in [-0.25, -0.2) is 15.0 Å². The molecule has 5 N–H and O–H groups in total. The van der Waals surface area contributed by atoms with E-state index in [2.05, 4.69) is 20.3 Å². The average Bonchev–Trinajstić information content (AvgIpc) is 3.22. The minimum absolute atomic E-state index is 0.0415. The number of aromatic hydroxyl groups is 1. The highest BCUT2D eigenvalue weighted by atomic mass is 35.5. The molecular weight excluding hydrogens is 453 g/mol. The number of amidine groups is 1. The lowest BCUT2D eigenvalue weighted by Gasteiger charge is -2.20. The summed E-state index contributed by atoms with van der Waals surface area (Å²) in [6, 6.07) is 4.98. The maximum Gasteiger partial charge on any atom is 0.253 e. The number of halogens is 2. The molecule has 4 rings (SSSR count). The van der Waals surface area contributed by atoms with Gasteiger partial charge in [-0.15, -0.1) is 0 Å². The highest BCUT2D eigenvalue weighted by Gasteiger charge is 2.29. The van der Waals surface area contributed by atoms with Crippen LogP contribution in [-0.4, -0.2) is 50.9 Å². The number of pyridine rings is 1. The number of nitrogen functional groups attached to an aromatic ring is 1. The van der Waals surface area contributed by atoms with Gasteiger partial charge in [0.15, 0.2) is 11.6 Å². The summed E-state index contributed by atoms with van der Waals surface area (Å²) in [7, 11) is 0. The molecule has 11 heteroatoms. The van der Waals surface area contributed by atoms with Crippen LogP contribution < -0.4 is 16.0 Å². The normalized spacial score (nSPS) is 15.6. The molecule has 2 aromatic heterocycles. The molecule has 1 saturated heterocycles. The molecule has 1 amide bonds. The van der Waals surface area contributed by atoms with Gasteiger partial charge in [-0.1, -0.05) is 29.3 Å². The second kappa shape index (κ2) is 8.97. The number of carbonyl (C=O) groups excluding carboxylic acids is 1. The topological polar surface area (TPSA) is 141 Å². The molecule has 1 fully saturated rings. The molecule has 1 atom stereocenters. The van der Waals surface area contributed by atoms with Crippen molar-refractivity contribution < 1.29 is 9.90 Å². The number of anilines is 1. The zero-order valence-corrected chi connectivity index (χ0v) is 18.2. The quantitative estimate of drug-likeness (QED) is 0.331. The van der Waals surface area contributed by atoms with E-state index >= 15 is 0 Å². The van der Waals surface area contributed by atoms with Gasteiger partial charge in [0.2, 0.25) is 0 Å². The Balaban J connectivity index is 1.46. The summed E-state index contributed by atoms with van der Waals surface area (Å²) in [5.74, 6) is -0.625. The maximum absolute atomic E-state index is 12.8. The number of amides is 1. The summed E-state index contributed by atoms with van der Waals surface area (Å²) >= 11 is 12.4. The van der Waals surface area contributed by atoms with Crippen molar-refractivity contribution in [3.8, 4) is 16.9 Å². The monoisotopic (exact) mass is 471 g/mol. The van der Waals surface area contributed by atoms with Gasteiger partial charge in [-0.3, -0.25) is 10.2 Å². The number of hydrogen-bond donors (Lipinski definition) is 4. The van der Waals surface area contributed by atoms with Crippen LogP contribution in [0.3, 0.4) is 0 Å². The van der Waals surface area contributed by atoms with E-state index < -0.39 is 0 Å². The van der Waals surface area contributed by atoms with Crippen molar-refractivity contribution >= 4 is 40.8 Å². The molecule has 1 aliphatic rings. The first kappa shape index (κ1) is 21.8. The zero-order valence-electron chi connectivity index (χ0n) is 16.7. The van der Waals surface area contributed by atoms with Crippen LogP contribution in [0, 0.1) is 5.41 Å². The van der Waals surface area contributed by atoms with E-state index in [0.29, 0.717) is 30.1 Å². The van der Waals surface area contributed by atoms with Crippen molar-refractivity contribution in [3.05, 3.63) is 64.3 Å². The predicted molar refractivity (Wildman–Crippen MR) is 122 cm³/mol. The zero-order chi connectivity index (χ0) is 22.8. The lowest BCUT2D eigenvalue weighted by Crippen LogP contribution is -2.37. The van der Waals surface area contributed by atoms with Gasteiger partial charge in [0.25, 0.3) is 5.91 Å². The Bertz CT molecular complexity index is 1190. The van der Waals surface area contributed by atoms with E-state index in [9.17, 15) is 9.90 Å². The van der Waals surface area contributed by atoms with E-state index in [1.807, 2.05) is 4.90 Å². The number of rotatable bonds is 5. The molecule has 3 aromatic rings. The van der Waals surface area contributed by atoms with Crippen molar-refractivity contribution in [2.24, 2.45) is 5.73 Å². The van der Waals surface area contributed by atoms with Crippen LogP contribution in [0.2, 0.25) is 10.0 Å². The van der Waals surface area contributed by atoms with E-state index in [1.165, 1.54) is 12.5 Å². The minimum Gasteiger partial charge on any atom is -0.504 e. The van der Waals surface area contributed by atoms with Crippen molar-refractivity contribution in [2.45, 2.75) is 12.5 Å². The summed E-state index contributed by atoms with van der Waals surface area (Å²) in [5.41, 5.74) is 7.53. The van der Waals surface area contributed by atoms with Crippen LogP contribution in [0.25, 0.3) is 11.1 Å². The molecule has 3 heterocycles. The molecule has 32 heavy (non-hydrogen) atoms. The largest absolute Gasteiger partial charge is 0.504 e. The highest BCUT2D eigenvalue weighted by Crippen LogP contribution is 2.34. The number of benzene rings is 1. The van der Waals surface area contributed by atoms with Crippen LogP contribution in [0.4, 0.5) is 5.82 Å².